The first-order valence-corrected chi connectivity index (χ1v) is 8.96. The van der Waals surface area contributed by atoms with Crippen LogP contribution < -0.4 is 5.32 Å². The SMILES string of the molecule is CCCCC[C@H](c1ccc(O)c2ccccc12)N1CCNCC1. The molecule has 2 aromatic rings. The van der Waals surface area contributed by atoms with Crippen LogP contribution in [0, 0.1) is 0 Å². The van der Waals surface area contributed by atoms with Gasteiger partial charge < -0.3 is 10.4 Å². The second-order valence-corrected chi connectivity index (χ2v) is 6.52. The second-order valence-electron chi connectivity index (χ2n) is 6.52. The summed E-state index contributed by atoms with van der Waals surface area (Å²) >= 11 is 0. The minimum absolute atomic E-state index is 0.386. The molecule has 3 nitrogen and oxygen atoms in total. The highest BCUT2D eigenvalue weighted by molar-refractivity contribution is 5.91. The highest BCUT2D eigenvalue weighted by atomic mass is 16.3. The van der Waals surface area contributed by atoms with Crippen molar-refractivity contribution in [2.24, 2.45) is 0 Å². The van der Waals surface area contributed by atoms with Crippen molar-refractivity contribution in [3.05, 3.63) is 42.0 Å². The first-order chi connectivity index (χ1) is 11.3. The maximum absolute atomic E-state index is 10.2. The third-order valence-electron chi connectivity index (χ3n) is 4.97. The van der Waals surface area contributed by atoms with Crippen LogP contribution in [0.25, 0.3) is 10.8 Å². The van der Waals surface area contributed by atoms with Crippen LogP contribution in [0.5, 0.6) is 5.75 Å². The van der Waals surface area contributed by atoms with E-state index in [0.29, 0.717) is 11.8 Å². The number of hydrogen-bond acceptors (Lipinski definition) is 3. The van der Waals surface area contributed by atoms with Gasteiger partial charge in [0.15, 0.2) is 0 Å². The monoisotopic (exact) mass is 312 g/mol. The van der Waals surface area contributed by atoms with Crippen LogP contribution in [-0.2, 0) is 0 Å². The zero-order valence-corrected chi connectivity index (χ0v) is 14.1. The van der Waals surface area contributed by atoms with E-state index in [1.165, 1.54) is 36.6 Å². The molecule has 0 bridgehead atoms. The fraction of sp³-hybridized carbons (Fsp3) is 0.500. The van der Waals surface area contributed by atoms with Gasteiger partial charge in [-0.1, -0.05) is 56.5 Å². The summed E-state index contributed by atoms with van der Waals surface area (Å²) in [6.45, 7) is 6.61. The molecule has 23 heavy (non-hydrogen) atoms. The number of fused-ring (bicyclic) bond motifs is 1. The molecule has 1 saturated heterocycles. The number of rotatable bonds is 6. The smallest absolute Gasteiger partial charge is 0.123 e. The highest BCUT2D eigenvalue weighted by Crippen LogP contribution is 2.35. The van der Waals surface area contributed by atoms with Crippen molar-refractivity contribution in [2.75, 3.05) is 26.2 Å². The number of piperazine rings is 1. The third-order valence-corrected chi connectivity index (χ3v) is 4.97. The van der Waals surface area contributed by atoms with Gasteiger partial charge in [-0.2, -0.15) is 0 Å². The standard InChI is InChI=1S/C20H28N2O/c1-2-3-4-9-19(22-14-12-21-13-15-22)17-10-11-20(23)18-8-6-5-7-16(17)18/h5-8,10-11,19,21,23H,2-4,9,12-15H2,1H3/t19-/m1/s1. The summed E-state index contributed by atoms with van der Waals surface area (Å²) < 4.78 is 0. The minimum atomic E-state index is 0.386. The molecular weight excluding hydrogens is 284 g/mol. The van der Waals surface area contributed by atoms with Gasteiger partial charge in [-0.05, 0) is 23.4 Å². The third kappa shape index (κ3) is 3.67. The summed E-state index contributed by atoms with van der Waals surface area (Å²) in [7, 11) is 0. The molecule has 1 aliphatic rings. The first kappa shape index (κ1) is 16.3. The lowest BCUT2D eigenvalue weighted by molar-refractivity contribution is 0.163. The van der Waals surface area contributed by atoms with E-state index in [-0.39, 0.29) is 0 Å². The van der Waals surface area contributed by atoms with E-state index >= 15 is 0 Å². The molecule has 3 heteroatoms. The van der Waals surface area contributed by atoms with E-state index < -0.39 is 0 Å². The summed E-state index contributed by atoms with van der Waals surface area (Å²) in [4.78, 5) is 2.62. The molecule has 0 amide bonds. The largest absolute Gasteiger partial charge is 0.507 e. The van der Waals surface area contributed by atoms with Crippen molar-refractivity contribution in [3.8, 4) is 5.75 Å². The Hall–Kier alpha value is -1.58. The van der Waals surface area contributed by atoms with Crippen LogP contribution in [0.3, 0.4) is 0 Å². The fourth-order valence-electron chi connectivity index (χ4n) is 3.71. The Kier molecular flexibility index (Phi) is 5.52. The van der Waals surface area contributed by atoms with E-state index in [4.69, 9.17) is 0 Å². The molecule has 2 aromatic carbocycles. The van der Waals surface area contributed by atoms with Crippen molar-refractivity contribution < 1.29 is 5.11 Å². The van der Waals surface area contributed by atoms with Gasteiger partial charge in [0.05, 0.1) is 0 Å². The van der Waals surface area contributed by atoms with Crippen LogP contribution in [0.2, 0.25) is 0 Å². The quantitative estimate of drug-likeness (QED) is 0.789. The lowest BCUT2D eigenvalue weighted by Crippen LogP contribution is -2.45. The van der Waals surface area contributed by atoms with Gasteiger partial charge in [0, 0.05) is 37.6 Å². The van der Waals surface area contributed by atoms with Crippen molar-refractivity contribution >= 4 is 10.8 Å². The van der Waals surface area contributed by atoms with Crippen LogP contribution in [0.4, 0.5) is 0 Å². The average molecular weight is 312 g/mol. The normalized spacial score (nSPS) is 17.4. The van der Waals surface area contributed by atoms with E-state index in [0.717, 1.165) is 31.6 Å². The molecule has 0 aromatic heterocycles. The van der Waals surface area contributed by atoms with Gasteiger partial charge in [-0.3, -0.25) is 4.90 Å². The zero-order chi connectivity index (χ0) is 16.1. The molecule has 0 saturated carbocycles. The molecule has 0 unspecified atom stereocenters. The summed E-state index contributed by atoms with van der Waals surface area (Å²) in [6.07, 6.45) is 5.01. The molecule has 1 atom stereocenters. The maximum atomic E-state index is 10.2. The number of hydrogen-bond donors (Lipinski definition) is 2. The van der Waals surface area contributed by atoms with E-state index in [9.17, 15) is 5.11 Å². The Bertz CT molecular complexity index is 635. The van der Waals surface area contributed by atoms with Crippen LogP contribution >= 0.6 is 0 Å². The molecule has 124 valence electrons. The highest BCUT2D eigenvalue weighted by Gasteiger charge is 2.23. The second kappa shape index (κ2) is 7.80. The molecule has 0 radical (unpaired) electrons. The predicted molar refractivity (Wildman–Crippen MR) is 96.9 cm³/mol. The van der Waals surface area contributed by atoms with Crippen molar-refractivity contribution in [1.29, 1.82) is 0 Å². The minimum Gasteiger partial charge on any atom is -0.507 e. The number of phenolic OH excluding ortho intramolecular Hbond substituents is 1. The first-order valence-electron chi connectivity index (χ1n) is 8.96. The molecular formula is C20H28N2O. The molecule has 1 aliphatic heterocycles. The van der Waals surface area contributed by atoms with Gasteiger partial charge in [-0.25, -0.2) is 0 Å². The Balaban J connectivity index is 1.96. The molecule has 2 N–H and O–H groups in total. The lowest BCUT2D eigenvalue weighted by atomic mass is 9.93. The van der Waals surface area contributed by atoms with Gasteiger partial charge in [0.1, 0.15) is 5.75 Å². The number of phenols is 1. The summed E-state index contributed by atoms with van der Waals surface area (Å²) in [6, 6.07) is 12.7. The number of aromatic hydroxyl groups is 1. The van der Waals surface area contributed by atoms with Crippen molar-refractivity contribution in [3.63, 3.8) is 0 Å². The number of unbranched alkanes of at least 4 members (excludes halogenated alkanes) is 2. The van der Waals surface area contributed by atoms with Gasteiger partial charge in [-0.15, -0.1) is 0 Å². The van der Waals surface area contributed by atoms with Crippen molar-refractivity contribution in [1.82, 2.24) is 10.2 Å². The molecule has 0 aliphatic carbocycles. The zero-order valence-electron chi connectivity index (χ0n) is 14.1. The van der Waals surface area contributed by atoms with E-state index in [1.807, 2.05) is 18.2 Å². The van der Waals surface area contributed by atoms with Crippen LogP contribution in [0.1, 0.15) is 44.2 Å². The fourth-order valence-corrected chi connectivity index (χ4v) is 3.71. The summed E-state index contributed by atoms with van der Waals surface area (Å²) in [5.74, 6) is 0.386. The van der Waals surface area contributed by atoms with E-state index in [1.54, 1.807) is 0 Å². The number of benzene rings is 2. The van der Waals surface area contributed by atoms with Gasteiger partial charge in [0.2, 0.25) is 0 Å². The summed E-state index contributed by atoms with van der Waals surface area (Å²) in [5, 5.41) is 15.8. The average Bonchev–Trinajstić information content (AvgIpc) is 2.61. The topological polar surface area (TPSA) is 35.5 Å². The summed E-state index contributed by atoms with van der Waals surface area (Å²) in [5.41, 5.74) is 1.37. The Morgan fingerprint density at radius 2 is 1.78 bits per heavy atom. The van der Waals surface area contributed by atoms with Crippen molar-refractivity contribution in [2.45, 2.75) is 38.6 Å². The van der Waals surface area contributed by atoms with Crippen LogP contribution in [-0.4, -0.2) is 36.2 Å². The Labute approximate surface area is 139 Å². The van der Waals surface area contributed by atoms with Crippen LogP contribution in [0.15, 0.2) is 36.4 Å². The van der Waals surface area contributed by atoms with Gasteiger partial charge >= 0.3 is 0 Å². The molecule has 1 fully saturated rings. The maximum Gasteiger partial charge on any atom is 0.123 e. The number of nitrogens with one attached hydrogen (secondary N) is 1. The Morgan fingerprint density at radius 1 is 1.04 bits per heavy atom. The lowest BCUT2D eigenvalue weighted by Gasteiger charge is -2.36. The molecule has 3 rings (SSSR count). The number of nitrogens with zero attached hydrogens (tertiary/aromatic N) is 1. The van der Waals surface area contributed by atoms with Gasteiger partial charge in [0.25, 0.3) is 0 Å². The molecule has 0 spiro atoms. The Morgan fingerprint density at radius 3 is 2.52 bits per heavy atom. The van der Waals surface area contributed by atoms with E-state index in [2.05, 4.69) is 35.3 Å². The molecule has 1 heterocycles. The predicted octanol–water partition coefficient (Wildman–Crippen LogP) is 4.07.